The van der Waals surface area contributed by atoms with Gasteiger partial charge in [0.15, 0.2) is 0 Å². The first kappa shape index (κ1) is 17.3. The van der Waals surface area contributed by atoms with Crippen LogP contribution in [0.15, 0.2) is 24.3 Å². The molecular formula is C15H21ClN2O3. The zero-order chi connectivity index (χ0) is 15.5. The third-order valence-electron chi connectivity index (χ3n) is 2.69. The molecule has 0 saturated heterocycles. The van der Waals surface area contributed by atoms with Gasteiger partial charge >= 0.3 is 0 Å². The Morgan fingerprint density at radius 1 is 1.10 bits per heavy atom. The molecule has 0 aliphatic carbocycles. The fourth-order valence-corrected chi connectivity index (χ4v) is 1.87. The van der Waals surface area contributed by atoms with Crippen LogP contribution in [0.2, 0.25) is 0 Å². The van der Waals surface area contributed by atoms with E-state index in [1.165, 1.54) is 0 Å². The first-order valence-corrected chi connectivity index (χ1v) is 7.50. The molecule has 2 N–H and O–H groups in total. The monoisotopic (exact) mass is 312 g/mol. The first-order chi connectivity index (χ1) is 10.2. The summed E-state index contributed by atoms with van der Waals surface area (Å²) in [6.45, 7) is 3.36. The number of ether oxygens (including phenoxy) is 1. The van der Waals surface area contributed by atoms with Crippen LogP contribution in [-0.2, 0) is 16.0 Å². The van der Waals surface area contributed by atoms with E-state index in [0.717, 1.165) is 11.3 Å². The molecule has 0 fully saturated rings. The van der Waals surface area contributed by atoms with E-state index in [0.29, 0.717) is 38.4 Å². The number of rotatable bonds is 9. The maximum Gasteiger partial charge on any atom is 0.224 e. The second-order valence-electron chi connectivity index (χ2n) is 4.39. The summed E-state index contributed by atoms with van der Waals surface area (Å²) in [6.07, 6.45) is 0.601. The van der Waals surface area contributed by atoms with Crippen LogP contribution >= 0.6 is 11.6 Å². The average molecular weight is 313 g/mol. The number of carbonyl (C=O) groups is 2. The minimum Gasteiger partial charge on any atom is -0.494 e. The number of alkyl halides is 1. The summed E-state index contributed by atoms with van der Waals surface area (Å²) in [5.41, 5.74) is 0.919. The van der Waals surface area contributed by atoms with Crippen molar-refractivity contribution in [3.05, 3.63) is 29.8 Å². The molecule has 0 saturated carbocycles. The highest BCUT2D eigenvalue weighted by molar-refractivity contribution is 6.18. The van der Waals surface area contributed by atoms with Crippen LogP contribution in [0.1, 0.15) is 18.9 Å². The quantitative estimate of drug-likeness (QED) is 0.536. The molecule has 2 amide bonds. The molecule has 116 valence electrons. The molecule has 0 aliphatic rings. The van der Waals surface area contributed by atoms with Crippen molar-refractivity contribution in [1.82, 2.24) is 10.6 Å². The topological polar surface area (TPSA) is 67.4 Å². The van der Waals surface area contributed by atoms with Crippen molar-refractivity contribution < 1.29 is 14.3 Å². The van der Waals surface area contributed by atoms with E-state index in [9.17, 15) is 9.59 Å². The fraction of sp³-hybridized carbons (Fsp3) is 0.467. The minimum absolute atomic E-state index is 0.0780. The predicted molar refractivity (Wildman–Crippen MR) is 82.7 cm³/mol. The summed E-state index contributed by atoms with van der Waals surface area (Å²) in [5.74, 6) is 0.913. The van der Waals surface area contributed by atoms with E-state index < -0.39 is 0 Å². The van der Waals surface area contributed by atoms with Gasteiger partial charge in [0.05, 0.1) is 13.0 Å². The molecule has 21 heavy (non-hydrogen) atoms. The predicted octanol–water partition coefficient (Wildman–Crippen LogP) is 1.49. The minimum atomic E-state index is -0.106. The lowest BCUT2D eigenvalue weighted by molar-refractivity contribution is -0.122. The molecule has 0 aromatic heterocycles. The number of benzene rings is 1. The van der Waals surface area contributed by atoms with Crippen LogP contribution < -0.4 is 15.4 Å². The number of nitrogens with one attached hydrogen (secondary N) is 2. The van der Waals surface area contributed by atoms with Gasteiger partial charge in [0.1, 0.15) is 5.75 Å². The Labute approximate surface area is 130 Å². The second-order valence-corrected chi connectivity index (χ2v) is 4.77. The lowest BCUT2D eigenvalue weighted by Gasteiger charge is -2.07. The number of hydrogen-bond acceptors (Lipinski definition) is 3. The molecule has 0 unspecified atom stereocenters. The molecule has 1 rings (SSSR count). The van der Waals surface area contributed by atoms with Crippen LogP contribution in [0.3, 0.4) is 0 Å². The number of halogens is 1. The van der Waals surface area contributed by atoms with Gasteiger partial charge in [-0.15, -0.1) is 11.6 Å². The Kier molecular flexibility index (Phi) is 8.28. The summed E-state index contributed by atoms with van der Waals surface area (Å²) in [7, 11) is 0. The van der Waals surface area contributed by atoms with Crippen LogP contribution in [0, 0.1) is 0 Å². The molecule has 1 aromatic carbocycles. The van der Waals surface area contributed by atoms with E-state index >= 15 is 0 Å². The van der Waals surface area contributed by atoms with E-state index in [4.69, 9.17) is 16.3 Å². The number of amides is 2. The lowest BCUT2D eigenvalue weighted by atomic mass is 10.1. The zero-order valence-electron chi connectivity index (χ0n) is 12.2. The molecule has 0 aliphatic heterocycles. The van der Waals surface area contributed by atoms with E-state index in [2.05, 4.69) is 10.6 Å². The van der Waals surface area contributed by atoms with Gasteiger partial charge in [0, 0.05) is 25.4 Å². The summed E-state index contributed by atoms with van der Waals surface area (Å²) in [5, 5.41) is 5.42. The van der Waals surface area contributed by atoms with Crippen molar-refractivity contribution in [2.24, 2.45) is 0 Å². The molecule has 0 heterocycles. The molecule has 1 aromatic rings. The van der Waals surface area contributed by atoms with Crippen molar-refractivity contribution in [3.8, 4) is 5.75 Å². The van der Waals surface area contributed by atoms with Crippen LogP contribution in [0.4, 0.5) is 0 Å². The van der Waals surface area contributed by atoms with Gasteiger partial charge in [-0.25, -0.2) is 0 Å². The van der Waals surface area contributed by atoms with E-state index in [1.807, 2.05) is 31.2 Å². The van der Waals surface area contributed by atoms with Gasteiger partial charge in [-0.05, 0) is 24.6 Å². The van der Waals surface area contributed by atoms with Crippen molar-refractivity contribution in [2.75, 3.05) is 25.6 Å². The Morgan fingerprint density at radius 3 is 2.29 bits per heavy atom. The highest BCUT2D eigenvalue weighted by atomic mass is 35.5. The van der Waals surface area contributed by atoms with Gasteiger partial charge in [-0.3, -0.25) is 9.59 Å². The Balaban J connectivity index is 2.22. The van der Waals surface area contributed by atoms with Gasteiger partial charge < -0.3 is 15.4 Å². The second kappa shape index (κ2) is 10.0. The van der Waals surface area contributed by atoms with Gasteiger partial charge in [-0.1, -0.05) is 12.1 Å². The van der Waals surface area contributed by atoms with E-state index in [1.54, 1.807) is 0 Å². The average Bonchev–Trinajstić information content (AvgIpc) is 2.46. The normalized spacial score (nSPS) is 10.0. The molecule has 5 nitrogen and oxygen atoms in total. The summed E-state index contributed by atoms with van der Waals surface area (Å²) < 4.78 is 5.34. The number of carbonyl (C=O) groups excluding carboxylic acids is 2. The van der Waals surface area contributed by atoms with Crippen LogP contribution in [0.5, 0.6) is 5.75 Å². The van der Waals surface area contributed by atoms with Gasteiger partial charge in [0.25, 0.3) is 0 Å². The smallest absolute Gasteiger partial charge is 0.224 e. The van der Waals surface area contributed by atoms with Crippen molar-refractivity contribution in [3.63, 3.8) is 0 Å². The fourth-order valence-electron chi connectivity index (χ4n) is 1.70. The molecule has 0 bridgehead atoms. The van der Waals surface area contributed by atoms with Crippen molar-refractivity contribution in [2.45, 2.75) is 19.8 Å². The van der Waals surface area contributed by atoms with Gasteiger partial charge in [0.2, 0.25) is 11.8 Å². The van der Waals surface area contributed by atoms with Crippen LogP contribution in [-0.4, -0.2) is 37.4 Å². The zero-order valence-corrected chi connectivity index (χ0v) is 12.9. The summed E-state index contributed by atoms with van der Waals surface area (Å²) in [4.78, 5) is 22.9. The van der Waals surface area contributed by atoms with Crippen molar-refractivity contribution in [1.29, 1.82) is 0 Å². The molecule has 0 atom stereocenters. The van der Waals surface area contributed by atoms with E-state index in [-0.39, 0.29) is 11.8 Å². The number of hydrogen-bond donors (Lipinski definition) is 2. The standard InChI is InChI=1S/C15H21ClN2O3/c1-2-21-13-5-3-12(4-6-13)11-15(20)18-10-9-17-14(19)7-8-16/h3-6H,2,7-11H2,1H3,(H,17,19)(H,18,20). The largest absolute Gasteiger partial charge is 0.494 e. The highest BCUT2D eigenvalue weighted by Gasteiger charge is 2.04. The maximum atomic E-state index is 11.7. The highest BCUT2D eigenvalue weighted by Crippen LogP contribution is 2.12. The Morgan fingerprint density at radius 2 is 1.71 bits per heavy atom. The summed E-state index contributed by atoms with van der Waals surface area (Å²) in [6, 6.07) is 7.43. The molecule has 0 radical (unpaired) electrons. The maximum absolute atomic E-state index is 11.7. The third kappa shape index (κ3) is 7.56. The van der Waals surface area contributed by atoms with Gasteiger partial charge in [-0.2, -0.15) is 0 Å². The lowest BCUT2D eigenvalue weighted by Crippen LogP contribution is -2.35. The molecular weight excluding hydrogens is 292 g/mol. The molecule has 0 spiro atoms. The SMILES string of the molecule is CCOc1ccc(CC(=O)NCCNC(=O)CCCl)cc1. The summed E-state index contributed by atoms with van der Waals surface area (Å²) >= 11 is 5.44. The first-order valence-electron chi connectivity index (χ1n) is 6.96. The van der Waals surface area contributed by atoms with Crippen molar-refractivity contribution >= 4 is 23.4 Å². The Bertz CT molecular complexity index is 449. The molecule has 6 heteroatoms. The van der Waals surface area contributed by atoms with Crippen LogP contribution in [0.25, 0.3) is 0 Å². The third-order valence-corrected chi connectivity index (χ3v) is 2.88. The Hall–Kier alpha value is -1.75.